The van der Waals surface area contributed by atoms with Crippen LogP contribution in [0.2, 0.25) is 0 Å². The number of hydrogen-bond donors (Lipinski definition) is 3. The first-order valence-electron chi connectivity index (χ1n) is 15.1. The maximum atomic E-state index is 14.1. The van der Waals surface area contributed by atoms with Crippen molar-refractivity contribution in [3.63, 3.8) is 0 Å². The summed E-state index contributed by atoms with van der Waals surface area (Å²) >= 11 is 0. The highest BCUT2D eigenvalue weighted by Crippen LogP contribution is 2.65. The van der Waals surface area contributed by atoms with E-state index in [2.05, 4.69) is 29.8 Å². The van der Waals surface area contributed by atoms with Crippen molar-refractivity contribution in [2.45, 2.75) is 98.2 Å². The summed E-state index contributed by atoms with van der Waals surface area (Å²) in [6.07, 6.45) is 3.43. The second kappa shape index (κ2) is 11.8. The average molecular weight is 588 g/mol. The van der Waals surface area contributed by atoms with Crippen molar-refractivity contribution >= 4 is 41.2 Å². The second-order valence-electron chi connectivity index (χ2n) is 13.9. The van der Waals surface area contributed by atoms with Crippen LogP contribution in [0.4, 0.5) is 4.79 Å². The summed E-state index contributed by atoms with van der Waals surface area (Å²) in [6, 6.07) is -3.33. The van der Waals surface area contributed by atoms with Crippen molar-refractivity contribution in [1.29, 1.82) is 0 Å². The van der Waals surface area contributed by atoms with Gasteiger partial charge in [-0.2, -0.15) is 0 Å². The molecule has 42 heavy (non-hydrogen) atoms. The van der Waals surface area contributed by atoms with Crippen LogP contribution in [0.25, 0.3) is 0 Å². The molecule has 5 atom stereocenters. The summed E-state index contributed by atoms with van der Waals surface area (Å²) in [5.41, 5.74) is -0.944. The number of ketones is 2. The molecule has 0 radical (unpaired) electrons. The molecule has 2 aliphatic heterocycles. The normalized spacial score (nSPS) is 26.5. The maximum absolute atomic E-state index is 14.1. The number of urea groups is 1. The van der Waals surface area contributed by atoms with Crippen LogP contribution in [-0.2, 0) is 28.8 Å². The number of carbonyl (C=O) groups is 7. The first-order chi connectivity index (χ1) is 19.6. The molecule has 12 nitrogen and oxygen atoms in total. The van der Waals surface area contributed by atoms with Crippen LogP contribution in [0.3, 0.4) is 0 Å². The molecule has 2 saturated heterocycles. The lowest BCUT2D eigenvalue weighted by atomic mass is 9.85. The third kappa shape index (κ3) is 6.52. The third-order valence-corrected chi connectivity index (χ3v) is 9.47. The van der Waals surface area contributed by atoms with E-state index < -0.39 is 53.0 Å². The zero-order chi connectivity index (χ0) is 31.1. The number of likely N-dealkylation sites (tertiary alicyclic amines) is 2. The van der Waals surface area contributed by atoms with Crippen LogP contribution in [0.15, 0.2) is 0 Å². The van der Waals surface area contributed by atoms with Gasteiger partial charge in [-0.3, -0.25) is 33.7 Å². The Morgan fingerprint density at radius 1 is 1.00 bits per heavy atom. The molecule has 4 aliphatic rings. The minimum absolute atomic E-state index is 0.0359. The highest BCUT2D eigenvalue weighted by Gasteiger charge is 2.69. The zero-order valence-corrected chi connectivity index (χ0v) is 25.6. The topological polar surface area (TPSA) is 162 Å². The number of rotatable bonds is 12. The Morgan fingerprint density at radius 3 is 2.14 bits per heavy atom. The van der Waals surface area contributed by atoms with E-state index in [0.29, 0.717) is 18.9 Å². The van der Waals surface area contributed by atoms with Crippen molar-refractivity contribution in [1.82, 2.24) is 25.8 Å². The smallest absolute Gasteiger partial charge is 0.315 e. The number of hydrogen-bond acceptors (Lipinski definition) is 7. The minimum Gasteiger partial charge on any atom is -0.344 e. The third-order valence-electron chi connectivity index (χ3n) is 9.47. The van der Waals surface area contributed by atoms with E-state index in [4.69, 9.17) is 0 Å². The number of Topliss-reactive ketones (excluding diaryl/α,β-unsaturated/α-hetero) is 2. The second-order valence-corrected chi connectivity index (χ2v) is 13.9. The predicted octanol–water partition coefficient (Wildman–Crippen LogP) is 1.17. The molecule has 2 aliphatic carbocycles. The van der Waals surface area contributed by atoms with Crippen molar-refractivity contribution in [3.8, 4) is 0 Å². The average Bonchev–Trinajstić information content (AvgIpc) is 3.81. The van der Waals surface area contributed by atoms with Gasteiger partial charge in [0.05, 0.1) is 6.04 Å². The van der Waals surface area contributed by atoms with Crippen LogP contribution < -0.4 is 16.0 Å². The van der Waals surface area contributed by atoms with Gasteiger partial charge >= 0.3 is 6.03 Å². The molecule has 0 bridgehead atoms. The lowest BCUT2D eigenvalue weighted by Gasteiger charge is -2.37. The van der Waals surface area contributed by atoms with Crippen molar-refractivity contribution in [2.24, 2.45) is 28.6 Å². The number of piperidine rings is 1. The van der Waals surface area contributed by atoms with Gasteiger partial charge in [0.25, 0.3) is 0 Å². The van der Waals surface area contributed by atoms with Gasteiger partial charge in [-0.15, -0.1) is 0 Å². The molecule has 0 aromatic rings. The van der Waals surface area contributed by atoms with Gasteiger partial charge in [-0.25, -0.2) is 4.79 Å². The summed E-state index contributed by atoms with van der Waals surface area (Å²) in [4.78, 5) is 91.7. The Labute approximate surface area is 247 Å². The molecule has 2 unspecified atom stereocenters. The van der Waals surface area contributed by atoms with Gasteiger partial charge in [0.2, 0.25) is 29.4 Å². The van der Waals surface area contributed by atoms with Crippen LogP contribution >= 0.6 is 0 Å². The predicted molar refractivity (Wildman–Crippen MR) is 152 cm³/mol. The Kier molecular flexibility index (Phi) is 8.85. The first-order valence-corrected chi connectivity index (χ1v) is 15.1. The van der Waals surface area contributed by atoms with Crippen LogP contribution in [-0.4, -0.2) is 88.8 Å². The number of imide groups is 1. The molecule has 2 heterocycles. The monoisotopic (exact) mass is 587 g/mol. The molecule has 4 rings (SSSR count). The summed E-state index contributed by atoms with van der Waals surface area (Å²) in [5, 5.41) is 8.22. The summed E-state index contributed by atoms with van der Waals surface area (Å²) in [6.45, 7) is 11.2. The van der Waals surface area contributed by atoms with Gasteiger partial charge < -0.3 is 20.9 Å². The van der Waals surface area contributed by atoms with Crippen molar-refractivity contribution < 1.29 is 33.6 Å². The van der Waals surface area contributed by atoms with E-state index in [9.17, 15) is 33.6 Å². The molecule has 0 spiro atoms. The van der Waals surface area contributed by atoms with Crippen LogP contribution in [0.5, 0.6) is 0 Å². The van der Waals surface area contributed by atoms with E-state index in [1.807, 2.05) is 20.8 Å². The Hall–Kier alpha value is -3.31. The number of nitrogens with one attached hydrogen (secondary N) is 3. The first kappa shape index (κ1) is 31.6. The van der Waals surface area contributed by atoms with Crippen LogP contribution in [0.1, 0.15) is 80.1 Å². The van der Waals surface area contributed by atoms with Gasteiger partial charge in [0, 0.05) is 39.4 Å². The molecule has 0 aromatic carbocycles. The molecule has 0 aromatic heterocycles. The molecule has 6 amide bonds. The fourth-order valence-corrected chi connectivity index (χ4v) is 6.55. The number of amides is 6. The summed E-state index contributed by atoms with van der Waals surface area (Å²) in [5.74, 6) is -2.19. The molecule has 3 N–H and O–H groups in total. The zero-order valence-electron chi connectivity index (χ0n) is 25.6. The highest BCUT2D eigenvalue weighted by molar-refractivity contribution is 6.38. The van der Waals surface area contributed by atoms with E-state index in [1.54, 1.807) is 4.90 Å². The van der Waals surface area contributed by atoms with E-state index in [0.717, 1.165) is 24.2 Å². The quantitative estimate of drug-likeness (QED) is 0.228. The van der Waals surface area contributed by atoms with E-state index >= 15 is 0 Å². The number of carbonyl (C=O) groups excluding carboxylic acids is 7. The van der Waals surface area contributed by atoms with Gasteiger partial charge in [0.1, 0.15) is 12.1 Å². The molecule has 2 saturated carbocycles. The fraction of sp³-hybridized carbons (Fsp3) is 0.767. The van der Waals surface area contributed by atoms with Gasteiger partial charge in [-0.1, -0.05) is 47.5 Å². The summed E-state index contributed by atoms with van der Waals surface area (Å²) in [7, 11) is 0. The number of fused-ring (bicyclic) bond motifs is 1. The standard InChI is InChI=1S/C30H45N5O7/c1-16(2)30-14-19(30)23(26(40)32-20(13-18-7-8-18)24(39)17(3)36)35(15-30)27(41)25(29(4,5)6)33-28(42)31-11-12-34-21(37)9-10-22(34)38/h16,18-20,23,25H,7-15H2,1-6H3,(H,32,40)(H2,31,33,42)/t19-,20?,23+,25-,30?/m1/s1. The lowest BCUT2D eigenvalue weighted by molar-refractivity contribution is -0.144. The number of nitrogens with zero attached hydrogens (tertiary/aromatic N) is 2. The summed E-state index contributed by atoms with van der Waals surface area (Å²) < 4.78 is 0. The molecule has 12 heteroatoms. The van der Waals surface area contributed by atoms with Crippen molar-refractivity contribution in [2.75, 3.05) is 19.6 Å². The fourth-order valence-electron chi connectivity index (χ4n) is 6.55. The Balaban J connectivity index is 1.48. The SMILES string of the molecule is CC(=O)C(=O)C(CC1CC1)NC(=O)[C@@H]1[C@H]2CC2(C(C)C)CN1C(=O)[C@@H](NC(=O)NCCN1C(=O)CCC1=O)C(C)(C)C. The van der Waals surface area contributed by atoms with E-state index in [1.165, 1.54) is 6.92 Å². The van der Waals surface area contributed by atoms with E-state index in [-0.39, 0.29) is 55.0 Å². The molecular weight excluding hydrogens is 542 g/mol. The molecule has 232 valence electrons. The van der Waals surface area contributed by atoms with Crippen molar-refractivity contribution in [3.05, 3.63) is 0 Å². The molecule has 4 fully saturated rings. The minimum atomic E-state index is -0.981. The lowest BCUT2D eigenvalue weighted by Crippen LogP contribution is -2.61. The van der Waals surface area contributed by atoms with Crippen LogP contribution in [0, 0.1) is 28.6 Å². The molecular formula is C30H45N5O7. The Morgan fingerprint density at radius 2 is 1.62 bits per heavy atom. The Bertz CT molecular complexity index is 1160. The van der Waals surface area contributed by atoms with Gasteiger partial charge in [-0.05, 0) is 41.4 Å². The maximum Gasteiger partial charge on any atom is 0.315 e. The largest absolute Gasteiger partial charge is 0.344 e. The van der Waals surface area contributed by atoms with Gasteiger partial charge in [0.15, 0.2) is 5.78 Å². The highest BCUT2D eigenvalue weighted by atomic mass is 16.2.